The van der Waals surface area contributed by atoms with Gasteiger partial charge in [-0.2, -0.15) is 0 Å². The van der Waals surface area contributed by atoms with Gasteiger partial charge in [-0.15, -0.1) is 0 Å². The molecule has 0 radical (unpaired) electrons. The number of rotatable bonds is 2. The Morgan fingerprint density at radius 1 is 1.32 bits per heavy atom. The first kappa shape index (κ1) is 14.2. The first-order valence-electron chi connectivity index (χ1n) is 6.42. The molecule has 0 unspecified atom stereocenters. The summed E-state index contributed by atoms with van der Waals surface area (Å²) in [5, 5.41) is 9.44. The Bertz CT molecular complexity index is 1010. The van der Waals surface area contributed by atoms with Crippen LogP contribution in [0.5, 0.6) is 0 Å². The van der Waals surface area contributed by atoms with Crippen molar-refractivity contribution >= 4 is 29.2 Å². The summed E-state index contributed by atoms with van der Waals surface area (Å²) in [5.74, 6) is -1.19. The fourth-order valence-corrected chi connectivity index (χ4v) is 2.44. The third kappa shape index (κ3) is 2.21. The van der Waals surface area contributed by atoms with Gasteiger partial charge in [0, 0.05) is 12.6 Å². The maximum atomic E-state index is 12.1. The predicted molar refractivity (Wildman–Crippen MR) is 84.6 cm³/mol. The summed E-state index contributed by atoms with van der Waals surface area (Å²) in [7, 11) is 1.63. The number of nitrogens with one attached hydrogen (secondary N) is 1. The maximum absolute atomic E-state index is 12.1. The van der Waals surface area contributed by atoms with Crippen molar-refractivity contribution < 1.29 is 9.90 Å². The highest BCUT2D eigenvalue weighted by Gasteiger charge is 2.17. The van der Waals surface area contributed by atoms with E-state index in [0.29, 0.717) is 5.69 Å². The Labute approximate surface area is 129 Å². The first-order valence-corrected chi connectivity index (χ1v) is 6.82. The molecule has 0 aliphatic carbocycles. The van der Waals surface area contributed by atoms with Gasteiger partial charge in [0.15, 0.2) is 4.77 Å². The molecule has 0 saturated heterocycles. The van der Waals surface area contributed by atoms with Crippen LogP contribution >= 0.6 is 12.2 Å². The van der Waals surface area contributed by atoms with Crippen LogP contribution in [0.3, 0.4) is 0 Å². The number of pyridine rings is 1. The SMILES string of the molecule is Cn1c(=S)[nH]c(=O)c2c(C(=O)O)cc(-c3ccccc3)nc21. The zero-order valence-corrected chi connectivity index (χ0v) is 12.3. The molecule has 110 valence electrons. The van der Waals surface area contributed by atoms with Crippen molar-refractivity contribution in [1.82, 2.24) is 14.5 Å². The summed E-state index contributed by atoms with van der Waals surface area (Å²) >= 11 is 5.06. The summed E-state index contributed by atoms with van der Waals surface area (Å²) in [6, 6.07) is 10.6. The second-order valence-electron chi connectivity index (χ2n) is 4.74. The molecule has 7 heteroatoms. The fraction of sp³-hybridized carbons (Fsp3) is 0.0667. The number of hydrogen-bond acceptors (Lipinski definition) is 4. The minimum atomic E-state index is -1.19. The molecule has 0 saturated carbocycles. The highest BCUT2D eigenvalue weighted by Crippen LogP contribution is 2.22. The molecule has 2 N–H and O–H groups in total. The van der Waals surface area contributed by atoms with Crippen molar-refractivity contribution in [3.8, 4) is 11.3 Å². The number of nitrogens with zero attached hydrogens (tertiary/aromatic N) is 2. The summed E-state index contributed by atoms with van der Waals surface area (Å²) in [4.78, 5) is 30.5. The molecule has 6 nitrogen and oxygen atoms in total. The maximum Gasteiger partial charge on any atom is 0.336 e. The predicted octanol–water partition coefficient (Wildman–Crippen LogP) is 2.36. The van der Waals surface area contributed by atoms with E-state index in [-0.39, 0.29) is 21.4 Å². The lowest BCUT2D eigenvalue weighted by Gasteiger charge is -2.09. The molecule has 3 aromatic rings. The van der Waals surface area contributed by atoms with Crippen molar-refractivity contribution in [2.24, 2.45) is 7.05 Å². The Morgan fingerprint density at radius 2 is 2.00 bits per heavy atom. The number of aryl methyl sites for hydroxylation is 1. The number of carbonyl (C=O) groups is 1. The smallest absolute Gasteiger partial charge is 0.336 e. The van der Waals surface area contributed by atoms with Gasteiger partial charge < -0.3 is 9.67 Å². The van der Waals surface area contributed by atoms with Crippen molar-refractivity contribution in [1.29, 1.82) is 0 Å². The fourth-order valence-electron chi connectivity index (χ4n) is 2.26. The number of benzene rings is 1. The van der Waals surface area contributed by atoms with Crippen LogP contribution in [-0.4, -0.2) is 25.6 Å². The van der Waals surface area contributed by atoms with Crippen LogP contribution in [0.4, 0.5) is 0 Å². The van der Waals surface area contributed by atoms with Crippen molar-refractivity contribution in [3.63, 3.8) is 0 Å². The Balaban J connectivity index is 2.50. The van der Waals surface area contributed by atoms with E-state index in [0.717, 1.165) is 5.56 Å². The molecular weight excluding hydrogens is 302 g/mol. The third-order valence-corrected chi connectivity index (χ3v) is 3.75. The highest BCUT2D eigenvalue weighted by molar-refractivity contribution is 7.71. The number of aromatic nitrogens is 3. The van der Waals surface area contributed by atoms with Gasteiger partial charge in [-0.05, 0) is 18.3 Å². The van der Waals surface area contributed by atoms with Crippen molar-refractivity contribution in [2.45, 2.75) is 0 Å². The molecular formula is C15H11N3O3S. The number of aromatic carboxylic acids is 1. The lowest BCUT2D eigenvalue weighted by molar-refractivity contribution is 0.0699. The molecule has 1 aromatic carbocycles. The average Bonchev–Trinajstić information content (AvgIpc) is 2.52. The van der Waals surface area contributed by atoms with Gasteiger partial charge >= 0.3 is 5.97 Å². The molecule has 22 heavy (non-hydrogen) atoms. The Hall–Kier alpha value is -2.80. The van der Waals surface area contributed by atoms with E-state index in [1.165, 1.54) is 10.6 Å². The van der Waals surface area contributed by atoms with Gasteiger partial charge in [0.25, 0.3) is 5.56 Å². The number of aromatic amines is 1. The monoisotopic (exact) mass is 313 g/mol. The van der Waals surface area contributed by atoms with Crippen molar-refractivity contribution in [3.05, 3.63) is 57.1 Å². The Kier molecular flexibility index (Phi) is 3.34. The average molecular weight is 313 g/mol. The van der Waals surface area contributed by atoms with E-state index in [2.05, 4.69) is 9.97 Å². The standard InChI is InChI=1S/C15H11N3O3S/c1-18-12-11(13(19)17-15(18)22)9(14(20)21)7-10(16-12)8-5-3-2-4-6-8/h2-7H,1H3,(H,20,21)(H,17,19,22). The summed E-state index contributed by atoms with van der Waals surface area (Å²) in [6.07, 6.45) is 0. The normalized spacial score (nSPS) is 10.8. The van der Waals surface area contributed by atoms with E-state index in [4.69, 9.17) is 12.2 Å². The van der Waals surface area contributed by atoms with Crippen LogP contribution in [0.25, 0.3) is 22.3 Å². The lowest BCUT2D eigenvalue weighted by Crippen LogP contribution is -2.17. The number of carboxylic acid groups (broad SMARTS) is 1. The molecule has 2 heterocycles. The van der Waals surface area contributed by atoms with E-state index in [1.807, 2.05) is 30.3 Å². The number of hydrogen-bond donors (Lipinski definition) is 2. The van der Waals surface area contributed by atoms with Gasteiger partial charge in [0.2, 0.25) is 0 Å². The van der Waals surface area contributed by atoms with Gasteiger partial charge in [-0.25, -0.2) is 9.78 Å². The van der Waals surface area contributed by atoms with E-state index >= 15 is 0 Å². The third-order valence-electron chi connectivity index (χ3n) is 3.37. The second-order valence-corrected chi connectivity index (χ2v) is 5.13. The number of fused-ring (bicyclic) bond motifs is 1. The molecule has 0 aliphatic heterocycles. The molecule has 0 atom stereocenters. The quantitative estimate of drug-likeness (QED) is 0.709. The highest BCUT2D eigenvalue weighted by atomic mass is 32.1. The van der Waals surface area contributed by atoms with Crippen LogP contribution in [-0.2, 0) is 7.05 Å². The van der Waals surface area contributed by atoms with Crippen molar-refractivity contribution in [2.75, 3.05) is 0 Å². The first-order chi connectivity index (χ1) is 10.5. The second kappa shape index (κ2) is 5.19. The summed E-state index contributed by atoms with van der Waals surface area (Å²) in [6.45, 7) is 0. The molecule has 0 bridgehead atoms. The van der Waals surface area contributed by atoms with E-state index < -0.39 is 11.5 Å². The topological polar surface area (TPSA) is 88.0 Å². The Morgan fingerprint density at radius 3 is 2.64 bits per heavy atom. The molecule has 0 aliphatic rings. The summed E-state index contributed by atoms with van der Waals surface area (Å²) in [5.41, 5.74) is 0.824. The minimum Gasteiger partial charge on any atom is -0.478 e. The van der Waals surface area contributed by atoms with Gasteiger partial charge in [0.05, 0.1) is 16.6 Å². The van der Waals surface area contributed by atoms with Crippen LogP contribution < -0.4 is 5.56 Å². The van der Waals surface area contributed by atoms with Crippen LogP contribution in [0.2, 0.25) is 0 Å². The molecule has 0 spiro atoms. The molecule has 0 fully saturated rings. The zero-order valence-electron chi connectivity index (χ0n) is 11.5. The number of H-pyrrole nitrogens is 1. The largest absolute Gasteiger partial charge is 0.478 e. The minimum absolute atomic E-state index is 0.0169. The summed E-state index contributed by atoms with van der Waals surface area (Å²) < 4.78 is 1.68. The molecule has 3 rings (SSSR count). The van der Waals surface area contributed by atoms with E-state index in [1.54, 1.807) is 7.05 Å². The van der Waals surface area contributed by atoms with Crippen LogP contribution in [0.1, 0.15) is 10.4 Å². The number of carboxylic acids is 1. The van der Waals surface area contributed by atoms with Crippen LogP contribution in [0.15, 0.2) is 41.2 Å². The molecule has 0 amide bonds. The van der Waals surface area contributed by atoms with Gasteiger partial charge in [-0.1, -0.05) is 30.3 Å². The zero-order chi connectivity index (χ0) is 15.9. The lowest BCUT2D eigenvalue weighted by atomic mass is 10.1. The molecule has 2 aromatic heterocycles. The van der Waals surface area contributed by atoms with E-state index in [9.17, 15) is 14.7 Å². The van der Waals surface area contributed by atoms with Gasteiger partial charge in [-0.3, -0.25) is 9.78 Å². The van der Waals surface area contributed by atoms with Gasteiger partial charge in [0.1, 0.15) is 5.65 Å². The van der Waals surface area contributed by atoms with Crippen LogP contribution in [0, 0.1) is 4.77 Å².